The lowest BCUT2D eigenvalue weighted by Gasteiger charge is -2.14. The van der Waals surface area contributed by atoms with Crippen LogP contribution >= 0.6 is 0 Å². The minimum absolute atomic E-state index is 0.0123. The molecule has 0 unspecified atom stereocenters. The molecule has 0 aliphatic heterocycles. The molecule has 110 valence electrons. The number of methoxy groups -OCH3 is 1. The highest BCUT2D eigenvalue weighted by molar-refractivity contribution is 5.98. The normalized spacial score (nSPS) is 10.2. The van der Waals surface area contributed by atoms with Crippen LogP contribution in [0.3, 0.4) is 0 Å². The van der Waals surface area contributed by atoms with Crippen LogP contribution in [0.4, 0.5) is 0 Å². The maximum atomic E-state index is 11.8. The van der Waals surface area contributed by atoms with Crippen molar-refractivity contribution in [3.63, 3.8) is 0 Å². The van der Waals surface area contributed by atoms with Crippen LogP contribution in [0.15, 0.2) is 42.5 Å². The Morgan fingerprint density at radius 3 is 2.43 bits per heavy atom. The third-order valence-electron chi connectivity index (χ3n) is 3.36. The summed E-state index contributed by atoms with van der Waals surface area (Å²) in [6.07, 6.45) is 0.758. The van der Waals surface area contributed by atoms with E-state index in [0.29, 0.717) is 17.9 Å². The van der Waals surface area contributed by atoms with Gasteiger partial charge in [-0.25, -0.2) is 0 Å². The quantitative estimate of drug-likeness (QED) is 0.751. The average molecular weight is 284 g/mol. The Bertz CT molecular complexity index is 593. The van der Waals surface area contributed by atoms with E-state index in [0.717, 1.165) is 23.3 Å². The van der Waals surface area contributed by atoms with E-state index >= 15 is 0 Å². The number of ketones is 1. The minimum atomic E-state index is 0.0123. The summed E-state index contributed by atoms with van der Waals surface area (Å²) in [6, 6.07) is 13.7. The molecule has 0 amide bonds. The van der Waals surface area contributed by atoms with Crippen molar-refractivity contribution in [3.05, 3.63) is 59.2 Å². The molecule has 0 heterocycles. The first kappa shape index (κ1) is 15.1. The summed E-state index contributed by atoms with van der Waals surface area (Å²) >= 11 is 0. The predicted molar refractivity (Wildman–Crippen MR) is 83.2 cm³/mol. The molecule has 3 nitrogen and oxygen atoms in total. The Hall–Kier alpha value is -2.29. The Kier molecular flexibility index (Phi) is 4.99. The standard InChI is InChI=1S/C18H20O3/c1-4-15-10-16(11-17(20-3)18(15)13(2)19)21-12-14-8-6-5-7-9-14/h5-11H,4,12H2,1-3H3. The number of carbonyl (C=O) groups is 1. The molecule has 2 aromatic carbocycles. The van der Waals surface area contributed by atoms with E-state index in [9.17, 15) is 4.79 Å². The number of rotatable bonds is 6. The molecule has 2 aromatic rings. The number of aryl methyl sites for hydroxylation is 1. The van der Waals surface area contributed by atoms with Gasteiger partial charge in [0, 0.05) is 6.07 Å². The summed E-state index contributed by atoms with van der Waals surface area (Å²) in [6.45, 7) is 4.07. The molecule has 0 fully saturated rings. The van der Waals surface area contributed by atoms with Crippen molar-refractivity contribution in [2.24, 2.45) is 0 Å². The Balaban J connectivity index is 2.26. The fraction of sp³-hybridized carbons (Fsp3) is 0.278. The van der Waals surface area contributed by atoms with Gasteiger partial charge in [0.15, 0.2) is 5.78 Å². The number of hydrogen-bond acceptors (Lipinski definition) is 3. The molecule has 21 heavy (non-hydrogen) atoms. The second-order valence-corrected chi connectivity index (χ2v) is 4.84. The Morgan fingerprint density at radius 1 is 1.14 bits per heavy atom. The number of benzene rings is 2. The second-order valence-electron chi connectivity index (χ2n) is 4.84. The molecule has 0 radical (unpaired) electrons. The monoisotopic (exact) mass is 284 g/mol. The van der Waals surface area contributed by atoms with E-state index in [-0.39, 0.29) is 5.78 Å². The third-order valence-corrected chi connectivity index (χ3v) is 3.36. The van der Waals surface area contributed by atoms with Crippen LogP contribution < -0.4 is 9.47 Å². The second kappa shape index (κ2) is 6.93. The van der Waals surface area contributed by atoms with Gasteiger partial charge in [0.05, 0.1) is 12.7 Å². The average Bonchev–Trinajstić information content (AvgIpc) is 2.52. The number of Topliss-reactive ketones (excluding diaryl/α,β-unsaturated/α-hetero) is 1. The maximum Gasteiger partial charge on any atom is 0.163 e. The van der Waals surface area contributed by atoms with Crippen LogP contribution in [0.25, 0.3) is 0 Å². The van der Waals surface area contributed by atoms with Gasteiger partial charge in [-0.1, -0.05) is 37.3 Å². The first-order chi connectivity index (χ1) is 10.2. The lowest BCUT2D eigenvalue weighted by Crippen LogP contribution is -2.04. The van der Waals surface area contributed by atoms with Crippen LogP contribution in [0.2, 0.25) is 0 Å². The maximum absolute atomic E-state index is 11.8. The molecular weight excluding hydrogens is 264 g/mol. The van der Waals surface area contributed by atoms with Crippen LogP contribution in [0.1, 0.15) is 35.3 Å². The highest BCUT2D eigenvalue weighted by atomic mass is 16.5. The van der Waals surface area contributed by atoms with Gasteiger partial charge >= 0.3 is 0 Å². The summed E-state index contributed by atoms with van der Waals surface area (Å²) in [5.41, 5.74) is 2.70. The van der Waals surface area contributed by atoms with Crippen LogP contribution in [-0.4, -0.2) is 12.9 Å². The van der Waals surface area contributed by atoms with Crippen molar-refractivity contribution < 1.29 is 14.3 Å². The fourth-order valence-electron chi connectivity index (χ4n) is 2.31. The van der Waals surface area contributed by atoms with Gasteiger partial charge < -0.3 is 9.47 Å². The molecule has 0 spiro atoms. The fourth-order valence-corrected chi connectivity index (χ4v) is 2.31. The highest BCUT2D eigenvalue weighted by Gasteiger charge is 2.15. The summed E-state index contributed by atoms with van der Waals surface area (Å²) in [4.78, 5) is 11.8. The van der Waals surface area contributed by atoms with Crippen molar-refractivity contribution in [2.75, 3.05) is 7.11 Å². The van der Waals surface area contributed by atoms with Gasteiger partial charge in [-0.05, 0) is 30.5 Å². The van der Waals surface area contributed by atoms with Gasteiger partial charge in [-0.2, -0.15) is 0 Å². The summed E-state index contributed by atoms with van der Waals surface area (Å²) < 4.78 is 11.2. The molecule has 2 rings (SSSR count). The van der Waals surface area contributed by atoms with Gasteiger partial charge in [-0.3, -0.25) is 4.79 Å². The molecule has 0 bridgehead atoms. The lowest BCUT2D eigenvalue weighted by molar-refractivity contribution is 0.101. The third kappa shape index (κ3) is 3.63. The molecule has 0 aromatic heterocycles. The van der Waals surface area contributed by atoms with E-state index in [1.165, 1.54) is 0 Å². The highest BCUT2D eigenvalue weighted by Crippen LogP contribution is 2.30. The summed E-state index contributed by atoms with van der Waals surface area (Å²) in [5, 5.41) is 0. The van der Waals surface area contributed by atoms with Crippen molar-refractivity contribution in [2.45, 2.75) is 26.9 Å². The van der Waals surface area contributed by atoms with E-state index in [1.54, 1.807) is 20.1 Å². The van der Waals surface area contributed by atoms with E-state index in [4.69, 9.17) is 9.47 Å². The van der Waals surface area contributed by atoms with Gasteiger partial charge in [0.2, 0.25) is 0 Å². The van der Waals surface area contributed by atoms with Crippen LogP contribution in [-0.2, 0) is 13.0 Å². The van der Waals surface area contributed by atoms with Gasteiger partial charge in [0.25, 0.3) is 0 Å². The van der Waals surface area contributed by atoms with Crippen LogP contribution in [0.5, 0.6) is 11.5 Å². The summed E-state index contributed by atoms with van der Waals surface area (Å²) in [7, 11) is 1.57. The van der Waals surface area contributed by atoms with Crippen molar-refractivity contribution >= 4 is 5.78 Å². The predicted octanol–water partition coefficient (Wildman–Crippen LogP) is 4.04. The topological polar surface area (TPSA) is 35.5 Å². The lowest BCUT2D eigenvalue weighted by atomic mass is 10.0. The largest absolute Gasteiger partial charge is 0.496 e. The van der Waals surface area contributed by atoms with Crippen molar-refractivity contribution in [3.8, 4) is 11.5 Å². The first-order valence-corrected chi connectivity index (χ1v) is 7.04. The van der Waals surface area contributed by atoms with Crippen LogP contribution in [0, 0.1) is 0 Å². The SMILES string of the molecule is CCc1cc(OCc2ccccc2)cc(OC)c1C(C)=O. The van der Waals surface area contributed by atoms with Crippen molar-refractivity contribution in [1.82, 2.24) is 0 Å². The molecule has 3 heteroatoms. The molecular formula is C18H20O3. The number of carbonyl (C=O) groups excluding carboxylic acids is 1. The van der Waals surface area contributed by atoms with Gasteiger partial charge in [0.1, 0.15) is 18.1 Å². The van der Waals surface area contributed by atoms with Gasteiger partial charge in [-0.15, -0.1) is 0 Å². The summed E-state index contributed by atoms with van der Waals surface area (Å²) in [5.74, 6) is 1.31. The Labute approximate surface area is 125 Å². The van der Waals surface area contributed by atoms with E-state index in [2.05, 4.69) is 0 Å². The number of ether oxygens (including phenoxy) is 2. The first-order valence-electron chi connectivity index (χ1n) is 7.04. The molecule has 0 aliphatic rings. The smallest absolute Gasteiger partial charge is 0.163 e. The minimum Gasteiger partial charge on any atom is -0.496 e. The van der Waals surface area contributed by atoms with Crippen molar-refractivity contribution in [1.29, 1.82) is 0 Å². The van der Waals surface area contributed by atoms with E-state index < -0.39 is 0 Å². The zero-order chi connectivity index (χ0) is 15.2. The zero-order valence-corrected chi connectivity index (χ0v) is 12.7. The van der Waals surface area contributed by atoms with E-state index in [1.807, 2.05) is 43.3 Å². The molecule has 0 atom stereocenters. The molecule has 0 aliphatic carbocycles. The molecule has 0 N–H and O–H groups in total. The molecule has 0 saturated heterocycles. The Morgan fingerprint density at radius 2 is 1.86 bits per heavy atom. The molecule has 0 saturated carbocycles. The number of hydrogen-bond donors (Lipinski definition) is 0. The zero-order valence-electron chi connectivity index (χ0n) is 12.7.